The van der Waals surface area contributed by atoms with Crippen LogP contribution in [0.4, 0.5) is 0 Å². The van der Waals surface area contributed by atoms with Gasteiger partial charge in [-0.05, 0) is 43.0 Å². The smallest absolute Gasteiger partial charge is 0.258 e. The summed E-state index contributed by atoms with van der Waals surface area (Å²) in [5.41, 5.74) is 1.68. The number of carbonyl (C=O) groups is 1. The number of benzene rings is 2. The van der Waals surface area contributed by atoms with Crippen LogP contribution in [0.15, 0.2) is 59.4 Å². The Morgan fingerprint density at radius 3 is 2.62 bits per heavy atom. The molecule has 1 aliphatic rings. The molecule has 1 atom stereocenters. The van der Waals surface area contributed by atoms with Crippen molar-refractivity contribution in [3.05, 3.63) is 76.3 Å². The van der Waals surface area contributed by atoms with Gasteiger partial charge in [0.25, 0.3) is 5.56 Å². The number of aromatic amines is 1. The van der Waals surface area contributed by atoms with Gasteiger partial charge in [-0.2, -0.15) is 0 Å². The predicted octanol–water partition coefficient (Wildman–Crippen LogP) is 3.01. The number of hydrogen-bond donors (Lipinski definition) is 2. The Morgan fingerprint density at radius 2 is 1.90 bits per heavy atom. The Kier molecular flexibility index (Phi) is 5.71. The number of carbonyl (C=O) groups excluding carboxylic acids is 1. The molecule has 2 aromatic carbocycles. The molecule has 1 amide bonds. The van der Waals surface area contributed by atoms with E-state index in [-0.39, 0.29) is 24.1 Å². The van der Waals surface area contributed by atoms with Crippen LogP contribution in [-0.4, -0.2) is 33.9 Å². The number of rotatable bonds is 8. The second-order valence-corrected chi connectivity index (χ2v) is 7.63. The lowest BCUT2D eigenvalue weighted by Gasteiger charge is -2.23. The molecule has 1 saturated carbocycles. The van der Waals surface area contributed by atoms with E-state index in [1.807, 2.05) is 48.2 Å². The molecule has 1 heterocycles. The normalized spacial score (nSPS) is 14.8. The van der Waals surface area contributed by atoms with E-state index in [0.29, 0.717) is 35.7 Å². The summed E-state index contributed by atoms with van der Waals surface area (Å²) in [5, 5.41) is 3.79. The van der Waals surface area contributed by atoms with Gasteiger partial charge in [0.2, 0.25) is 5.91 Å². The topological polar surface area (TPSA) is 78.1 Å². The third-order valence-corrected chi connectivity index (χ3v) is 5.42. The molecule has 1 unspecified atom stereocenters. The van der Waals surface area contributed by atoms with Crippen molar-refractivity contribution in [2.45, 2.75) is 32.4 Å². The van der Waals surface area contributed by atoms with Crippen LogP contribution < -0.4 is 10.9 Å². The Bertz CT molecular complexity index is 1040. The molecule has 1 fully saturated rings. The first-order chi connectivity index (χ1) is 14.1. The SMILES string of the molecule is CCN(CC(=O)NC(c1ccccc1)C1CC1)Cc1nc2ccccc2c(=O)[nH]1. The van der Waals surface area contributed by atoms with Gasteiger partial charge in [-0.1, -0.05) is 49.4 Å². The van der Waals surface area contributed by atoms with Gasteiger partial charge in [0, 0.05) is 0 Å². The van der Waals surface area contributed by atoms with Crippen molar-refractivity contribution < 1.29 is 4.79 Å². The number of nitrogens with one attached hydrogen (secondary N) is 2. The highest BCUT2D eigenvalue weighted by Gasteiger charge is 2.33. The van der Waals surface area contributed by atoms with E-state index in [9.17, 15) is 9.59 Å². The maximum absolute atomic E-state index is 12.8. The van der Waals surface area contributed by atoms with Crippen LogP contribution >= 0.6 is 0 Å². The number of hydrogen-bond acceptors (Lipinski definition) is 4. The summed E-state index contributed by atoms with van der Waals surface area (Å²) >= 11 is 0. The Morgan fingerprint density at radius 1 is 1.17 bits per heavy atom. The van der Waals surface area contributed by atoms with E-state index in [0.717, 1.165) is 18.4 Å². The molecule has 0 saturated heterocycles. The maximum Gasteiger partial charge on any atom is 0.258 e. The van der Waals surface area contributed by atoms with Gasteiger partial charge < -0.3 is 10.3 Å². The number of H-pyrrole nitrogens is 1. The van der Waals surface area contributed by atoms with Crippen LogP contribution in [0.2, 0.25) is 0 Å². The molecule has 2 N–H and O–H groups in total. The zero-order chi connectivity index (χ0) is 20.2. The third-order valence-electron chi connectivity index (χ3n) is 5.42. The van der Waals surface area contributed by atoms with Crippen LogP contribution in [0.5, 0.6) is 0 Å². The van der Waals surface area contributed by atoms with Crippen LogP contribution in [0.25, 0.3) is 10.9 Å². The molecule has 6 heteroatoms. The van der Waals surface area contributed by atoms with E-state index in [2.05, 4.69) is 27.4 Å². The fourth-order valence-corrected chi connectivity index (χ4v) is 3.69. The van der Waals surface area contributed by atoms with Crippen LogP contribution in [0, 0.1) is 5.92 Å². The lowest BCUT2D eigenvalue weighted by molar-refractivity contribution is -0.123. The van der Waals surface area contributed by atoms with Gasteiger partial charge in [0.1, 0.15) is 5.82 Å². The number of nitrogens with zero attached hydrogens (tertiary/aromatic N) is 2. The van der Waals surface area contributed by atoms with E-state index < -0.39 is 0 Å². The Balaban J connectivity index is 1.43. The molecule has 4 rings (SSSR count). The van der Waals surface area contributed by atoms with Crippen molar-refractivity contribution in [1.29, 1.82) is 0 Å². The zero-order valence-corrected chi connectivity index (χ0v) is 16.6. The van der Waals surface area contributed by atoms with E-state index in [1.54, 1.807) is 6.07 Å². The predicted molar refractivity (Wildman–Crippen MR) is 113 cm³/mol. The minimum Gasteiger partial charge on any atom is -0.348 e. The van der Waals surface area contributed by atoms with Gasteiger partial charge in [-0.3, -0.25) is 14.5 Å². The monoisotopic (exact) mass is 390 g/mol. The first kappa shape index (κ1) is 19.3. The van der Waals surface area contributed by atoms with Crippen molar-refractivity contribution >= 4 is 16.8 Å². The number of likely N-dealkylation sites (N-methyl/N-ethyl adjacent to an activating group) is 1. The molecule has 0 aliphatic heterocycles. The number of aromatic nitrogens is 2. The second kappa shape index (κ2) is 8.57. The molecule has 1 aromatic heterocycles. The highest BCUT2D eigenvalue weighted by molar-refractivity contribution is 5.79. The highest BCUT2D eigenvalue weighted by atomic mass is 16.2. The van der Waals surface area contributed by atoms with E-state index >= 15 is 0 Å². The van der Waals surface area contributed by atoms with Crippen molar-refractivity contribution in [3.63, 3.8) is 0 Å². The average Bonchev–Trinajstić information content (AvgIpc) is 3.57. The fraction of sp³-hybridized carbons (Fsp3) is 0.348. The van der Waals surface area contributed by atoms with Crippen LogP contribution in [0.3, 0.4) is 0 Å². The minimum atomic E-state index is -0.149. The van der Waals surface area contributed by atoms with Crippen molar-refractivity contribution in [1.82, 2.24) is 20.2 Å². The molecule has 0 radical (unpaired) electrons. The Hall–Kier alpha value is -2.99. The number of fused-ring (bicyclic) bond motifs is 1. The van der Waals surface area contributed by atoms with E-state index in [1.165, 1.54) is 0 Å². The fourth-order valence-electron chi connectivity index (χ4n) is 3.69. The largest absolute Gasteiger partial charge is 0.348 e. The highest BCUT2D eigenvalue weighted by Crippen LogP contribution is 2.40. The molecule has 150 valence electrons. The number of para-hydroxylation sites is 1. The molecule has 29 heavy (non-hydrogen) atoms. The summed E-state index contributed by atoms with van der Waals surface area (Å²) in [7, 11) is 0. The molecular weight excluding hydrogens is 364 g/mol. The quantitative estimate of drug-likeness (QED) is 0.620. The summed E-state index contributed by atoms with van der Waals surface area (Å²) < 4.78 is 0. The summed E-state index contributed by atoms with van der Waals surface area (Å²) in [6.07, 6.45) is 2.30. The molecule has 3 aromatic rings. The molecule has 0 spiro atoms. The van der Waals surface area contributed by atoms with Gasteiger partial charge in [0.05, 0.1) is 30.0 Å². The second-order valence-electron chi connectivity index (χ2n) is 7.63. The summed E-state index contributed by atoms with van der Waals surface area (Å²) in [6, 6.07) is 17.5. The van der Waals surface area contributed by atoms with Crippen LogP contribution in [-0.2, 0) is 11.3 Å². The van der Waals surface area contributed by atoms with Crippen LogP contribution in [0.1, 0.15) is 37.2 Å². The molecule has 6 nitrogen and oxygen atoms in total. The molecular formula is C23H26N4O2. The first-order valence-electron chi connectivity index (χ1n) is 10.2. The average molecular weight is 390 g/mol. The third kappa shape index (κ3) is 4.71. The van der Waals surface area contributed by atoms with Crippen molar-refractivity contribution in [2.24, 2.45) is 5.92 Å². The van der Waals surface area contributed by atoms with Gasteiger partial charge in [0.15, 0.2) is 0 Å². The lowest BCUT2D eigenvalue weighted by atomic mass is 10.0. The summed E-state index contributed by atoms with van der Waals surface area (Å²) in [5.74, 6) is 1.09. The Labute approximate surface area is 170 Å². The van der Waals surface area contributed by atoms with Crippen molar-refractivity contribution in [2.75, 3.05) is 13.1 Å². The van der Waals surface area contributed by atoms with Gasteiger partial charge in [-0.15, -0.1) is 0 Å². The molecule has 0 bridgehead atoms. The molecule has 1 aliphatic carbocycles. The standard InChI is InChI=1S/C23H26N4O2/c1-2-27(14-20-24-19-11-7-6-10-18(19)23(29)25-20)15-21(28)26-22(17-12-13-17)16-8-4-3-5-9-16/h3-11,17,22H,2,12-15H2,1H3,(H,26,28)(H,24,25,29). The minimum absolute atomic E-state index is 0.00395. The first-order valence-corrected chi connectivity index (χ1v) is 10.2. The maximum atomic E-state index is 12.8. The number of amides is 1. The van der Waals surface area contributed by atoms with Crippen molar-refractivity contribution in [3.8, 4) is 0 Å². The van der Waals surface area contributed by atoms with E-state index in [4.69, 9.17) is 0 Å². The summed E-state index contributed by atoms with van der Waals surface area (Å²) in [4.78, 5) is 34.4. The lowest BCUT2D eigenvalue weighted by Crippen LogP contribution is -2.39. The van der Waals surface area contributed by atoms with Gasteiger partial charge >= 0.3 is 0 Å². The van der Waals surface area contributed by atoms with Gasteiger partial charge in [-0.25, -0.2) is 4.98 Å². The zero-order valence-electron chi connectivity index (χ0n) is 16.6. The summed E-state index contributed by atoms with van der Waals surface area (Å²) in [6.45, 7) is 3.37.